The van der Waals surface area contributed by atoms with E-state index in [1.54, 1.807) is 19.1 Å². The quantitative estimate of drug-likeness (QED) is 0.835. The van der Waals surface area contributed by atoms with Gasteiger partial charge in [0.05, 0.1) is 17.1 Å². The first-order chi connectivity index (χ1) is 8.08. The Hall–Kier alpha value is -1.47. The summed E-state index contributed by atoms with van der Waals surface area (Å²) in [5.41, 5.74) is 7.48. The highest BCUT2D eigenvalue weighted by molar-refractivity contribution is 9.10. The Labute approximate surface area is 110 Å². The van der Waals surface area contributed by atoms with E-state index in [2.05, 4.69) is 30.8 Å². The van der Waals surface area contributed by atoms with Crippen molar-refractivity contribution in [1.82, 2.24) is 9.59 Å². The van der Waals surface area contributed by atoms with Gasteiger partial charge in [-0.2, -0.15) is 0 Å². The summed E-state index contributed by atoms with van der Waals surface area (Å²) in [6, 6.07) is 5.28. The molecule has 0 aliphatic rings. The lowest BCUT2D eigenvalue weighted by molar-refractivity contribution is 0.103. The Bertz CT molecular complexity index is 569. The van der Waals surface area contributed by atoms with Gasteiger partial charge in [-0.05, 0) is 36.7 Å². The number of benzene rings is 1. The maximum absolute atomic E-state index is 11.9. The second kappa shape index (κ2) is 4.80. The number of rotatable bonds is 2. The van der Waals surface area contributed by atoms with E-state index >= 15 is 0 Å². The smallest absolute Gasteiger partial charge is 0.269 e. The molecule has 0 radical (unpaired) electrons. The molecule has 0 aliphatic carbocycles. The number of anilines is 2. The molecule has 0 aliphatic heterocycles. The van der Waals surface area contributed by atoms with E-state index in [9.17, 15) is 4.79 Å². The van der Waals surface area contributed by atoms with Crippen molar-refractivity contribution in [2.45, 2.75) is 6.92 Å². The van der Waals surface area contributed by atoms with Gasteiger partial charge in [-0.1, -0.05) is 20.4 Å². The summed E-state index contributed by atoms with van der Waals surface area (Å²) in [6.07, 6.45) is 0. The number of amides is 1. The molecule has 17 heavy (non-hydrogen) atoms. The predicted octanol–water partition coefficient (Wildman–Crippen LogP) is 2.44. The summed E-state index contributed by atoms with van der Waals surface area (Å²) in [7, 11) is 0. The molecular formula is C10H9BrN4OS. The van der Waals surface area contributed by atoms with E-state index in [1.165, 1.54) is 0 Å². The molecule has 0 fully saturated rings. The number of hydrogen-bond acceptors (Lipinski definition) is 5. The third-order valence-corrected chi connectivity index (χ3v) is 3.44. The Kier molecular flexibility index (Phi) is 3.39. The lowest BCUT2D eigenvalue weighted by Gasteiger charge is -2.07. The van der Waals surface area contributed by atoms with Crippen molar-refractivity contribution in [2.24, 2.45) is 0 Å². The highest BCUT2D eigenvalue weighted by Gasteiger charge is 2.14. The second-order valence-electron chi connectivity index (χ2n) is 3.37. The fraction of sp³-hybridized carbons (Fsp3) is 0.100. The van der Waals surface area contributed by atoms with E-state index in [0.717, 1.165) is 16.0 Å². The van der Waals surface area contributed by atoms with Gasteiger partial charge in [0.2, 0.25) is 0 Å². The van der Waals surface area contributed by atoms with Crippen molar-refractivity contribution in [3.05, 3.63) is 33.2 Å². The van der Waals surface area contributed by atoms with Gasteiger partial charge in [0, 0.05) is 4.47 Å². The molecule has 2 aromatic rings. The lowest BCUT2D eigenvalue weighted by atomic mass is 10.2. The van der Waals surface area contributed by atoms with E-state index in [-0.39, 0.29) is 5.91 Å². The lowest BCUT2D eigenvalue weighted by Crippen LogP contribution is -2.12. The van der Waals surface area contributed by atoms with Crippen LogP contribution >= 0.6 is 27.5 Å². The number of nitrogens with one attached hydrogen (secondary N) is 1. The average molecular weight is 313 g/mol. The van der Waals surface area contributed by atoms with Crippen LogP contribution in [0.25, 0.3) is 0 Å². The Morgan fingerprint density at radius 2 is 2.29 bits per heavy atom. The number of nitrogens with zero attached hydrogens (tertiary/aromatic N) is 2. The van der Waals surface area contributed by atoms with Gasteiger partial charge < -0.3 is 11.1 Å². The third kappa shape index (κ3) is 2.62. The molecule has 1 amide bonds. The number of aryl methyl sites for hydroxylation is 1. The number of carbonyl (C=O) groups excluding carboxylic acids is 1. The molecule has 0 bridgehead atoms. The molecule has 0 saturated heterocycles. The van der Waals surface area contributed by atoms with Crippen molar-refractivity contribution in [3.63, 3.8) is 0 Å². The highest BCUT2D eigenvalue weighted by Crippen LogP contribution is 2.24. The van der Waals surface area contributed by atoms with E-state index in [4.69, 9.17) is 5.73 Å². The van der Waals surface area contributed by atoms with Crippen LogP contribution < -0.4 is 11.1 Å². The van der Waals surface area contributed by atoms with E-state index < -0.39 is 0 Å². The zero-order chi connectivity index (χ0) is 12.4. The third-order valence-electron chi connectivity index (χ3n) is 2.12. The van der Waals surface area contributed by atoms with Gasteiger partial charge >= 0.3 is 0 Å². The molecule has 5 nitrogen and oxygen atoms in total. The first-order valence-electron chi connectivity index (χ1n) is 4.73. The van der Waals surface area contributed by atoms with Crippen LogP contribution in [0.15, 0.2) is 22.7 Å². The highest BCUT2D eigenvalue weighted by atomic mass is 79.9. The molecule has 2 rings (SSSR count). The summed E-state index contributed by atoms with van der Waals surface area (Å²) in [4.78, 5) is 12.4. The van der Waals surface area contributed by atoms with Crippen LogP contribution in [-0.2, 0) is 0 Å². The van der Waals surface area contributed by atoms with Gasteiger partial charge in [0.25, 0.3) is 5.91 Å². The molecule has 1 heterocycles. The zero-order valence-corrected chi connectivity index (χ0v) is 11.3. The van der Waals surface area contributed by atoms with E-state index in [0.29, 0.717) is 21.9 Å². The molecule has 7 heteroatoms. The fourth-order valence-electron chi connectivity index (χ4n) is 1.27. The molecule has 3 N–H and O–H groups in total. The Morgan fingerprint density at radius 1 is 1.53 bits per heavy atom. The second-order valence-corrected chi connectivity index (χ2v) is 5.04. The molecular weight excluding hydrogens is 304 g/mol. The van der Waals surface area contributed by atoms with Crippen LogP contribution in [0.2, 0.25) is 0 Å². The standard InChI is InChI=1S/C10H9BrN4OS/c1-5-9(17-15-14-5)10(16)13-8-3-2-6(11)4-7(8)12/h2-4H,12H2,1H3,(H,13,16). The predicted molar refractivity (Wildman–Crippen MR) is 71.2 cm³/mol. The first-order valence-corrected chi connectivity index (χ1v) is 6.30. The van der Waals surface area contributed by atoms with Gasteiger partial charge in [-0.25, -0.2) is 0 Å². The summed E-state index contributed by atoms with van der Waals surface area (Å²) in [5.74, 6) is -0.244. The van der Waals surface area contributed by atoms with Crippen molar-refractivity contribution in [3.8, 4) is 0 Å². The number of aromatic nitrogens is 2. The van der Waals surface area contributed by atoms with Crippen molar-refractivity contribution in [1.29, 1.82) is 0 Å². The Morgan fingerprint density at radius 3 is 2.88 bits per heavy atom. The minimum Gasteiger partial charge on any atom is -0.397 e. The van der Waals surface area contributed by atoms with Crippen molar-refractivity contribution >= 4 is 44.7 Å². The molecule has 0 spiro atoms. The Balaban J connectivity index is 2.22. The minimum atomic E-state index is -0.244. The maximum Gasteiger partial charge on any atom is 0.269 e. The van der Waals surface area contributed by atoms with Crippen LogP contribution in [0.3, 0.4) is 0 Å². The van der Waals surface area contributed by atoms with Gasteiger partial charge in [0.15, 0.2) is 0 Å². The van der Waals surface area contributed by atoms with Crippen LogP contribution in [0.1, 0.15) is 15.4 Å². The largest absolute Gasteiger partial charge is 0.397 e. The maximum atomic E-state index is 11.9. The van der Waals surface area contributed by atoms with Crippen LogP contribution in [0.4, 0.5) is 11.4 Å². The number of hydrogen-bond donors (Lipinski definition) is 2. The number of nitrogen functional groups attached to an aromatic ring is 1. The zero-order valence-electron chi connectivity index (χ0n) is 8.90. The normalized spacial score (nSPS) is 10.2. The van der Waals surface area contributed by atoms with Gasteiger partial charge in [-0.15, -0.1) is 5.10 Å². The number of halogens is 1. The van der Waals surface area contributed by atoms with Gasteiger partial charge in [-0.3, -0.25) is 4.79 Å². The SMILES string of the molecule is Cc1nnsc1C(=O)Nc1ccc(Br)cc1N. The molecule has 0 atom stereocenters. The molecule has 0 unspecified atom stereocenters. The summed E-state index contributed by atoms with van der Waals surface area (Å²) in [5, 5.41) is 6.51. The van der Waals surface area contributed by atoms with Gasteiger partial charge in [0.1, 0.15) is 4.88 Å². The number of carbonyl (C=O) groups is 1. The van der Waals surface area contributed by atoms with Crippen LogP contribution in [0.5, 0.6) is 0 Å². The van der Waals surface area contributed by atoms with Crippen molar-refractivity contribution < 1.29 is 4.79 Å². The molecule has 1 aromatic carbocycles. The molecule has 1 aromatic heterocycles. The van der Waals surface area contributed by atoms with Crippen LogP contribution in [0, 0.1) is 6.92 Å². The average Bonchev–Trinajstić information content (AvgIpc) is 2.68. The summed E-state index contributed by atoms with van der Waals surface area (Å²) >= 11 is 4.36. The minimum absolute atomic E-state index is 0.244. The monoisotopic (exact) mass is 312 g/mol. The van der Waals surface area contributed by atoms with Crippen LogP contribution in [-0.4, -0.2) is 15.5 Å². The van der Waals surface area contributed by atoms with Crippen molar-refractivity contribution in [2.75, 3.05) is 11.1 Å². The number of nitrogens with two attached hydrogens (primary N) is 1. The topological polar surface area (TPSA) is 80.9 Å². The summed E-state index contributed by atoms with van der Waals surface area (Å²) < 4.78 is 4.58. The molecule has 88 valence electrons. The van der Waals surface area contributed by atoms with E-state index in [1.807, 2.05) is 6.07 Å². The molecule has 0 saturated carbocycles. The fourth-order valence-corrected chi connectivity index (χ4v) is 2.20. The summed E-state index contributed by atoms with van der Waals surface area (Å²) in [6.45, 7) is 1.74. The first kappa shape index (κ1) is 12.0.